The summed E-state index contributed by atoms with van der Waals surface area (Å²) >= 11 is 0. The first-order valence-electron chi connectivity index (χ1n) is 5.55. The average Bonchev–Trinajstić information content (AvgIpc) is 2.29. The highest BCUT2D eigenvalue weighted by atomic mass is 31.2. The number of carbonyl (C=O) groups is 1. The lowest BCUT2D eigenvalue weighted by Crippen LogP contribution is -2.06. The van der Waals surface area contributed by atoms with Crippen molar-refractivity contribution in [3.8, 4) is 0 Å². The fraction of sp³-hybridized carbons (Fsp3) is 0.417. The summed E-state index contributed by atoms with van der Waals surface area (Å²) in [5.41, 5.74) is 0.328. The molecule has 0 saturated carbocycles. The van der Waals surface area contributed by atoms with Crippen LogP contribution in [0.15, 0.2) is 30.3 Å². The van der Waals surface area contributed by atoms with Crippen LogP contribution in [0.5, 0.6) is 0 Å². The molecule has 1 aromatic carbocycles. The Morgan fingerprint density at radius 3 is 2.41 bits per heavy atom. The Morgan fingerprint density at radius 1 is 1.35 bits per heavy atom. The van der Waals surface area contributed by atoms with Crippen molar-refractivity contribution in [1.29, 1.82) is 0 Å². The lowest BCUT2D eigenvalue weighted by Gasteiger charge is -2.21. The van der Waals surface area contributed by atoms with Gasteiger partial charge < -0.3 is 10.00 Å². The topological polar surface area (TPSA) is 74.6 Å². The van der Waals surface area contributed by atoms with E-state index in [1.807, 2.05) is 25.1 Å². The number of benzene rings is 1. The second-order valence-electron chi connectivity index (χ2n) is 3.96. The van der Waals surface area contributed by atoms with E-state index in [9.17, 15) is 14.3 Å². The minimum atomic E-state index is -3.46. The number of hydrogen-bond donors (Lipinski definition) is 2. The molecule has 94 valence electrons. The summed E-state index contributed by atoms with van der Waals surface area (Å²) in [5.74, 6) is -1.04. The highest BCUT2D eigenvalue weighted by Crippen LogP contribution is 2.57. The quantitative estimate of drug-likeness (QED) is 0.767. The SMILES string of the molecule is CCC(c1ccccc1)P(=O)(O)CCC(=O)O. The van der Waals surface area contributed by atoms with Crippen LogP contribution in [0.25, 0.3) is 0 Å². The smallest absolute Gasteiger partial charge is 0.303 e. The Hall–Kier alpha value is -1.12. The van der Waals surface area contributed by atoms with Gasteiger partial charge in [-0.1, -0.05) is 37.3 Å². The molecule has 0 spiro atoms. The molecule has 0 fully saturated rings. The van der Waals surface area contributed by atoms with Crippen molar-refractivity contribution in [3.05, 3.63) is 35.9 Å². The van der Waals surface area contributed by atoms with Crippen molar-refractivity contribution in [2.24, 2.45) is 0 Å². The van der Waals surface area contributed by atoms with Crippen LogP contribution < -0.4 is 0 Å². The van der Waals surface area contributed by atoms with Gasteiger partial charge >= 0.3 is 5.97 Å². The molecule has 0 amide bonds. The van der Waals surface area contributed by atoms with Crippen LogP contribution in [0.2, 0.25) is 0 Å². The summed E-state index contributed by atoms with van der Waals surface area (Å²) in [6.45, 7) is 1.83. The molecule has 0 saturated heterocycles. The van der Waals surface area contributed by atoms with Gasteiger partial charge in [-0.15, -0.1) is 0 Å². The van der Waals surface area contributed by atoms with E-state index >= 15 is 0 Å². The Kier molecular flexibility index (Phi) is 4.91. The van der Waals surface area contributed by atoms with Crippen LogP contribution in [0.4, 0.5) is 0 Å². The largest absolute Gasteiger partial charge is 0.481 e. The summed E-state index contributed by atoms with van der Waals surface area (Å²) < 4.78 is 12.1. The molecule has 0 aliphatic carbocycles. The van der Waals surface area contributed by atoms with Crippen molar-refractivity contribution in [2.45, 2.75) is 25.4 Å². The zero-order valence-electron chi connectivity index (χ0n) is 9.74. The molecule has 2 unspecified atom stereocenters. The zero-order chi connectivity index (χ0) is 12.9. The number of hydrogen-bond acceptors (Lipinski definition) is 2. The van der Waals surface area contributed by atoms with Crippen LogP contribution in [-0.2, 0) is 9.36 Å². The van der Waals surface area contributed by atoms with Gasteiger partial charge in [0.1, 0.15) is 0 Å². The van der Waals surface area contributed by atoms with Crippen molar-refractivity contribution >= 4 is 13.3 Å². The third-order valence-corrected chi connectivity index (χ3v) is 5.21. The summed E-state index contributed by atoms with van der Waals surface area (Å²) in [5, 5.41) is 8.57. The molecule has 17 heavy (non-hydrogen) atoms. The van der Waals surface area contributed by atoms with E-state index in [1.54, 1.807) is 12.1 Å². The first kappa shape index (κ1) is 13.9. The number of carboxylic acid groups (broad SMARTS) is 1. The van der Waals surface area contributed by atoms with Crippen LogP contribution >= 0.6 is 7.37 Å². The van der Waals surface area contributed by atoms with Crippen molar-refractivity contribution < 1.29 is 19.4 Å². The first-order valence-corrected chi connectivity index (χ1v) is 7.47. The molecule has 2 N–H and O–H groups in total. The Labute approximate surface area is 101 Å². The standard InChI is InChI=1S/C12H17O4P/c1-2-11(10-6-4-3-5-7-10)17(15,16)9-8-12(13)14/h3-7,11H,2,8-9H2,1H3,(H,13,14)(H,15,16). The molecule has 0 aliphatic heterocycles. The van der Waals surface area contributed by atoms with Gasteiger partial charge in [-0.05, 0) is 12.0 Å². The molecule has 0 radical (unpaired) electrons. The molecular weight excluding hydrogens is 239 g/mol. The highest BCUT2D eigenvalue weighted by molar-refractivity contribution is 7.58. The van der Waals surface area contributed by atoms with Crippen molar-refractivity contribution in [1.82, 2.24) is 0 Å². The van der Waals surface area contributed by atoms with Gasteiger partial charge in [0, 0.05) is 6.16 Å². The molecule has 5 heteroatoms. The maximum Gasteiger partial charge on any atom is 0.303 e. The summed E-state index contributed by atoms with van der Waals surface area (Å²) in [7, 11) is -3.46. The van der Waals surface area contributed by atoms with Gasteiger partial charge in [0.2, 0.25) is 7.37 Å². The molecule has 4 nitrogen and oxygen atoms in total. The molecular formula is C12H17O4P. The molecule has 2 atom stereocenters. The Morgan fingerprint density at radius 2 is 1.94 bits per heavy atom. The fourth-order valence-corrected chi connectivity index (χ4v) is 3.87. The maximum absolute atomic E-state index is 12.1. The Bertz CT molecular complexity index is 416. The second-order valence-corrected chi connectivity index (χ2v) is 6.54. The summed E-state index contributed by atoms with van der Waals surface area (Å²) in [4.78, 5) is 20.4. The minimum absolute atomic E-state index is 0.171. The van der Waals surface area contributed by atoms with Gasteiger partial charge in [-0.25, -0.2) is 0 Å². The normalized spacial score (nSPS) is 16.1. The van der Waals surface area contributed by atoms with E-state index in [4.69, 9.17) is 5.11 Å². The van der Waals surface area contributed by atoms with Crippen LogP contribution in [0.1, 0.15) is 31.0 Å². The molecule has 0 bridgehead atoms. The average molecular weight is 256 g/mol. The van der Waals surface area contributed by atoms with E-state index in [2.05, 4.69) is 0 Å². The third-order valence-electron chi connectivity index (χ3n) is 2.70. The van der Waals surface area contributed by atoms with E-state index in [-0.39, 0.29) is 12.6 Å². The van der Waals surface area contributed by atoms with Crippen LogP contribution in [0, 0.1) is 0 Å². The number of rotatable bonds is 6. The third kappa shape index (κ3) is 3.99. The molecule has 1 aromatic rings. The summed E-state index contributed by atoms with van der Waals surface area (Å²) in [6.07, 6.45) is 0.0876. The molecule has 0 aliphatic rings. The fourth-order valence-electron chi connectivity index (χ4n) is 1.84. The van der Waals surface area contributed by atoms with Crippen molar-refractivity contribution in [2.75, 3.05) is 6.16 Å². The first-order chi connectivity index (χ1) is 7.97. The number of carboxylic acids is 1. The minimum Gasteiger partial charge on any atom is -0.481 e. The lowest BCUT2D eigenvalue weighted by molar-refractivity contribution is -0.136. The van der Waals surface area contributed by atoms with Crippen LogP contribution in [-0.4, -0.2) is 22.1 Å². The van der Waals surface area contributed by atoms with Gasteiger partial charge in [0.15, 0.2) is 0 Å². The number of aliphatic carboxylic acids is 1. The van der Waals surface area contributed by atoms with E-state index in [0.717, 1.165) is 5.56 Å². The van der Waals surface area contributed by atoms with Gasteiger partial charge in [0.25, 0.3) is 0 Å². The Balaban J connectivity index is 2.86. The maximum atomic E-state index is 12.1. The van der Waals surface area contributed by atoms with E-state index in [0.29, 0.717) is 6.42 Å². The second kappa shape index (κ2) is 5.99. The lowest BCUT2D eigenvalue weighted by atomic mass is 10.1. The summed E-state index contributed by atoms with van der Waals surface area (Å²) in [6, 6.07) is 9.08. The molecule has 0 aromatic heterocycles. The predicted molar refractivity (Wildman–Crippen MR) is 66.4 cm³/mol. The molecule has 0 heterocycles. The molecule has 1 rings (SSSR count). The highest BCUT2D eigenvalue weighted by Gasteiger charge is 2.30. The predicted octanol–water partition coefficient (Wildman–Crippen LogP) is 2.88. The zero-order valence-corrected chi connectivity index (χ0v) is 10.6. The van der Waals surface area contributed by atoms with Gasteiger partial charge in [-0.3, -0.25) is 9.36 Å². The van der Waals surface area contributed by atoms with Crippen molar-refractivity contribution in [3.63, 3.8) is 0 Å². The van der Waals surface area contributed by atoms with Gasteiger partial charge in [-0.2, -0.15) is 0 Å². The van der Waals surface area contributed by atoms with E-state index in [1.165, 1.54) is 0 Å². The van der Waals surface area contributed by atoms with Crippen LogP contribution in [0.3, 0.4) is 0 Å². The van der Waals surface area contributed by atoms with E-state index < -0.39 is 19.0 Å². The monoisotopic (exact) mass is 256 g/mol. The van der Waals surface area contributed by atoms with Gasteiger partial charge in [0.05, 0.1) is 12.1 Å².